The molecule has 0 aromatic carbocycles. The molecule has 0 radical (unpaired) electrons. The molecule has 0 aromatic heterocycles. The Hall–Kier alpha value is 0.399. The van der Waals surface area contributed by atoms with Gasteiger partial charge in [0, 0.05) is 0 Å². The van der Waals surface area contributed by atoms with Crippen LogP contribution in [0.2, 0.25) is 9.13 Å². The maximum atomic E-state index is 9.54. The Morgan fingerprint density at radius 2 is 2.27 bits per heavy atom. The Bertz CT molecular complexity index is 248. The normalized spacial score (nSPS) is 49.6. The summed E-state index contributed by atoms with van der Waals surface area (Å²) >= 11 is 0.395. The predicted octanol–water partition coefficient (Wildman–Crippen LogP) is 1.25. The number of aliphatic hydroxyl groups excluding tert-OH is 1. The molecule has 0 aromatic rings. The van der Waals surface area contributed by atoms with Crippen LogP contribution in [0.3, 0.4) is 0 Å². The van der Waals surface area contributed by atoms with E-state index in [0.717, 1.165) is 19.4 Å². The molecule has 3 nitrogen and oxygen atoms in total. The molecule has 2 fully saturated rings. The topological polar surface area (TPSA) is 38.7 Å². The van der Waals surface area contributed by atoms with Gasteiger partial charge in [-0.15, -0.1) is 0 Å². The first-order valence-corrected chi connectivity index (χ1v) is 7.34. The van der Waals surface area contributed by atoms with Crippen LogP contribution >= 0.6 is 0 Å². The van der Waals surface area contributed by atoms with Crippen molar-refractivity contribution in [3.05, 3.63) is 0 Å². The third-order valence-corrected chi connectivity index (χ3v) is 7.60. The van der Waals surface area contributed by atoms with Crippen LogP contribution in [0.1, 0.15) is 26.7 Å². The van der Waals surface area contributed by atoms with Crippen LogP contribution in [0.25, 0.3) is 0 Å². The van der Waals surface area contributed by atoms with Crippen LogP contribution in [0, 0.1) is 0 Å². The van der Waals surface area contributed by atoms with Gasteiger partial charge in [-0.1, -0.05) is 0 Å². The summed E-state index contributed by atoms with van der Waals surface area (Å²) < 4.78 is 11.4. The molecule has 0 spiro atoms. The molecule has 0 aliphatic carbocycles. The van der Waals surface area contributed by atoms with Gasteiger partial charge in [0.15, 0.2) is 0 Å². The second kappa shape index (κ2) is 4.01. The van der Waals surface area contributed by atoms with Crippen molar-refractivity contribution in [2.75, 3.05) is 20.3 Å². The summed E-state index contributed by atoms with van der Waals surface area (Å²) in [6.45, 7) is 5.37. The summed E-state index contributed by atoms with van der Waals surface area (Å²) in [4.78, 5) is 0.478. The number of fused-ring (bicyclic) bond motifs is 2. The average molecular weight is 279 g/mol. The van der Waals surface area contributed by atoms with Gasteiger partial charge in [0.05, 0.1) is 0 Å². The van der Waals surface area contributed by atoms with Crippen molar-refractivity contribution in [1.29, 1.82) is 0 Å². The van der Waals surface area contributed by atoms with Crippen molar-refractivity contribution in [3.8, 4) is 0 Å². The predicted molar refractivity (Wildman–Crippen MR) is 59.3 cm³/mol. The summed E-state index contributed by atoms with van der Waals surface area (Å²) in [7, 11) is 1.75. The molecule has 1 N–H and O–H groups in total. The SMILES string of the molecule is COC[C@H]1[Se][C@@](C)(CO)[C@H]2CC[C@]1(C)O2. The van der Waals surface area contributed by atoms with E-state index in [-0.39, 0.29) is 22.6 Å². The summed E-state index contributed by atoms with van der Waals surface area (Å²) in [6.07, 6.45) is 2.47. The van der Waals surface area contributed by atoms with Gasteiger partial charge in [-0.3, -0.25) is 0 Å². The first kappa shape index (κ1) is 11.9. The zero-order valence-electron chi connectivity index (χ0n) is 9.66. The van der Waals surface area contributed by atoms with Gasteiger partial charge in [0.25, 0.3) is 0 Å². The summed E-state index contributed by atoms with van der Waals surface area (Å²) in [5.74, 6) is 0. The van der Waals surface area contributed by atoms with Crippen LogP contribution < -0.4 is 0 Å². The molecular weight excluding hydrogens is 259 g/mol. The molecule has 0 amide bonds. The van der Waals surface area contributed by atoms with Crippen LogP contribution in [0.15, 0.2) is 0 Å². The van der Waals surface area contributed by atoms with Crippen LogP contribution in [0.4, 0.5) is 0 Å². The second-order valence-electron chi connectivity index (χ2n) is 4.99. The minimum absolute atomic E-state index is 0.00773. The van der Waals surface area contributed by atoms with Gasteiger partial charge in [-0.05, 0) is 0 Å². The number of hydrogen-bond donors (Lipinski definition) is 1. The van der Waals surface area contributed by atoms with E-state index in [1.165, 1.54) is 0 Å². The van der Waals surface area contributed by atoms with Crippen molar-refractivity contribution >= 4 is 15.0 Å². The van der Waals surface area contributed by atoms with E-state index in [1.807, 2.05) is 0 Å². The van der Waals surface area contributed by atoms with E-state index in [0.29, 0.717) is 19.8 Å². The van der Waals surface area contributed by atoms with Crippen molar-refractivity contribution < 1.29 is 14.6 Å². The molecule has 2 rings (SSSR count). The Morgan fingerprint density at radius 3 is 2.87 bits per heavy atom. The molecular formula is C11H20O3Se. The zero-order chi connectivity index (χ0) is 11.1. The molecule has 2 bridgehead atoms. The molecule has 4 heteroatoms. The van der Waals surface area contributed by atoms with E-state index in [4.69, 9.17) is 9.47 Å². The molecule has 0 saturated carbocycles. The fourth-order valence-electron chi connectivity index (χ4n) is 2.55. The number of aliphatic hydroxyl groups is 1. The van der Waals surface area contributed by atoms with Crippen molar-refractivity contribution in [2.24, 2.45) is 0 Å². The molecule has 0 unspecified atom stereocenters. The number of hydrogen-bond acceptors (Lipinski definition) is 3. The zero-order valence-corrected chi connectivity index (χ0v) is 11.4. The number of ether oxygens (including phenoxy) is 2. The summed E-state index contributed by atoms with van der Waals surface area (Å²) in [6, 6.07) is 0. The minimum atomic E-state index is -0.00773. The van der Waals surface area contributed by atoms with Gasteiger partial charge < -0.3 is 0 Å². The molecule has 4 atom stereocenters. The van der Waals surface area contributed by atoms with E-state index in [9.17, 15) is 5.11 Å². The van der Waals surface area contributed by atoms with Crippen molar-refractivity contribution in [2.45, 2.75) is 47.5 Å². The van der Waals surface area contributed by atoms with Crippen LogP contribution in [-0.4, -0.2) is 52.1 Å². The summed E-state index contributed by atoms with van der Waals surface area (Å²) in [5.41, 5.74) is 0.00928. The van der Waals surface area contributed by atoms with E-state index in [1.54, 1.807) is 7.11 Å². The molecule has 2 heterocycles. The van der Waals surface area contributed by atoms with Gasteiger partial charge in [0.1, 0.15) is 0 Å². The first-order chi connectivity index (χ1) is 7.04. The Labute approximate surface area is 97.7 Å². The van der Waals surface area contributed by atoms with Gasteiger partial charge in [-0.25, -0.2) is 0 Å². The number of methoxy groups -OCH3 is 1. The monoisotopic (exact) mass is 280 g/mol. The molecule has 15 heavy (non-hydrogen) atoms. The van der Waals surface area contributed by atoms with E-state index in [2.05, 4.69) is 13.8 Å². The van der Waals surface area contributed by atoms with Gasteiger partial charge >= 0.3 is 97.4 Å². The van der Waals surface area contributed by atoms with E-state index < -0.39 is 0 Å². The van der Waals surface area contributed by atoms with Gasteiger partial charge in [-0.2, -0.15) is 0 Å². The average Bonchev–Trinajstić information content (AvgIpc) is 2.58. The fraction of sp³-hybridized carbons (Fsp3) is 1.00. The maximum absolute atomic E-state index is 9.54. The fourth-order valence-corrected chi connectivity index (χ4v) is 6.06. The molecule has 2 aliphatic heterocycles. The van der Waals surface area contributed by atoms with Crippen molar-refractivity contribution in [1.82, 2.24) is 0 Å². The Morgan fingerprint density at radius 1 is 1.53 bits per heavy atom. The summed E-state index contributed by atoms with van der Waals surface area (Å²) in [5, 5.41) is 9.54. The Kier molecular flexibility index (Phi) is 3.17. The quantitative estimate of drug-likeness (QED) is 0.790. The van der Waals surface area contributed by atoms with E-state index >= 15 is 0 Å². The second-order valence-corrected chi connectivity index (χ2v) is 8.64. The Balaban J connectivity index is 2.18. The van der Waals surface area contributed by atoms with Crippen LogP contribution in [-0.2, 0) is 9.47 Å². The standard InChI is InChI=1S/C11H20O3Se/c1-10-5-4-8(14-10)11(2,7-12)15-9(10)6-13-3/h8-9,12H,4-7H2,1-3H3/t8-,9-,10+,11+/m1/s1. The first-order valence-electron chi connectivity index (χ1n) is 5.49. The van der Waals surface area contributed by atoms with Crippen LogP contribution in [0.5, 0.6) is 0 Å². The van der Waals surface area contributed by atoms with Gasteiger partial charge in [0.2, 0.25) is 0 Å². The molecule has 2 saturated heterocycles. The molecule has 88 valence electrons. The third kappa shape index (κ3) is 1.87. The third-order valence-electron chi connectivity index (χ3n) is 3.72. The van der Waals surface area contributed by atoms with Crippen molar-refractivity contribution in [3.63, 3.8) is 0 Å². The number of rotatable bonds is 3. The molecule has 2 aliphatic rings.